The first-order chi connectivity index (χ1) is 13.9. The number of piperidine rings is 1. The standard InChI is InChI=1S/C22H24F3NO3/c23-22(24,25)21(27)17-9-11-26(12-10-17)13-15-5-7-16(8-6-15)20-14-28-18-3-1-2-4-19(18)29-20/h1-8,17,20-21,27H,9-14H2. The Bertz CT molecular complexity index is 817. The number of aliphatic hydroxyl groups excluding tert-OH is 1. The van der Waals surface area contributed by atoms with E-state index in [0.717, 1.165) is 22.6 Å². The summed E-state index contributed by atoms with van der Waals surface area (Å²) < 4.78 is 49.8. The predicted molar refractivity (Wildman–Crippen MR) is 102 cm³/mol. The van der Waals surface area contributed by atoms with Gasteiger partial charge in [0.2, 0.25) is 0 Å². The second-order valence-electron chi connectivity index (χ2n) is 7.71. The molecule has 2 unspecified atom stereocenters. The molecule has 7 heteroatoms. The first-order valence-electron chi connectivity index (χ1n) is 9.84. The minimum atomic E-state index is -4.53. The maximum atomic E-state index is 12.7. The Morgan fingerprint density at radius 2 is 1.66 bits per heavy atom. The van der Waals surface area contributed by atoms with Gasteiger partial charge in [-0.05, 0) is 55.1 Å². The summed E-state index contributed by atoms with van der Waals surface area (Å²) in [6.45, 7) is 2.23. The van der Waals surface area contributed by atoms with E-state index in [1.165, 1.54) is 0 Å². The van der Waals surface area contributed by atoms with E-state index in [1.807, 2.05) is 48.5 Å². The van der Waals surface area contributed by atoms with Crippen LogP contribution in [0.25, 0.3) is 0 Å². The molecule has 2 aromatic rings. The van der Waals surface area contributed by atoms with Crippen LogP contribution in [-0.2, 0) is 6.54 Å². The molecule has 0 saturated carbocycles. The van der Waals surface area contributed by atoms with Gasteiger partial charge in [-0.3, -0.25) is 4.90 Å². The molecular formula is C22H24F3NO3. The Kier molecular flexibility index (Phi) is 5.69. The number of nitrogens with zero attached hydrogens (tertiary/aromatic N) is 1. The Hall–Kier alpha value is -2.25. The lowest BCUT2D eigenvalue weighted by molar-refractivity contribution is -0.223. The van der Waals surface area contributed by atoms with Gasteiger partial charge in [-0.15, -0.1) is 0 Å². The van der Waals surface area contributed by atoms with Crippen molar-refractivity contribution in [1.29, 1.82) is 0 Å². The van der Waals surface area contributed by atoms with E-state index in [1.54, 1.807) is 0 Å². The van der Waals surface area contributed by atoms with Crippen LogP contribution in [0.15, 0.2) is 48.5 Å². The number of rotatable bonds is 4. The number of para-hydroxylation sites is 2. The van der Waals surface area contributed by atoms with Crippen molar-refractivity contribution in [1.82, 2.24) is 4.90 Å². The molecule has 2 aromatic carbocycles. The average molecular weight is 407 g/mol. The van der Waals surface area contributed by atoms with Crippen LogP contribution in [0.1, 0.15) is 30.1 Å². The molecule has 4 nitrogen and oxygen atoms in total. The monoisotopic (exact) mass is 407 g/mol. The fourth-order valence-corrected chi connectivity index (χ4v) is 3.97. The van der Waals surface area contributed by atoms with Gasteiger partial charge in [0.05, 0.1) is 0 Å². The lowest BCUT2D eigenvalue weighted by Crippen LogP contribution is -2.43. The van der Waals surface area contributed by atoms with E-state index in [0.29, 0.717) is 39.1 Å². The number of likely N-dealkylation sites (tertiary alicyclic amines) is 1. The van der Waals surface area contributed by atoms with Gasteiger partial charge in [0.15, 0.2) is 23.7 Å². The van der Waals surface area contributed by atoms with E-state index in [4.69, 9.17) is 9.47 Å². The minimum absolute atomic E-state index is 0.168. The number of aliphatic hydroxyl groups is 1. The molecule has 2 aliphatic rings. The maximum absolute atomic E-state index is 12.7. The highest BCUT2D eigenvalue weighted by atomic mass is 19.4. The third-order valence-corrected chi connectivity index (χ3v) is 5.68. The highest BCUT2D eigenvalue weighted by Crippen LogP contribution is 2.36. The van der Waals surface area contributed by atoms with E-state index in [2.05, 4.69) is 4.90 Å². The zero-order valence-electron chi connectivity index (χ0n) is 15.9. The largest absolute Gasteiger partial charge is 0.485 e. The molecule has 156 valence electrons. The van der Waals surface area contributed by atoms with Gasteiger partial charge >= 0.3 is 6.18 Å². The van der Waals surface area contributed by atoms with Crippen LogP contribution in [0.3, 0.4) is 0 Å². The smallest absolute Gasteiger partial charge is 0.414 e. The van der Waals surface area contributed by atoms with Gasteiger partial charge in [-0.25, -0.2) is 0 Å². The van der Waals surface area contributed by atoms with Crippen molar-refractivity contribution in [2.45, 2.75) is 37.8 Å². The minimum Gasteiger partial charge on any atom is -0.485 e. The first kappa shape index (κ1) is 20.0. The summed E-state index contributed by atoms with van der Waals surface area (Å²) in [4.78, 5) is 2.13. The molecule has 0 radical (unpaired) electrons. The van der Waals surface area contributed by atoms with Crippen molar-refractivity contribution in [3.8, 4) is 11.5 Å². The van der Waals surface area contributed by atoms with Crippen LogP contribution in [0.4, 0.5) is 13.2 Å². The van der Waals surface area contributed by atoms with Crippen molar-refractivity contribution >= 4 is 0 Å². The molecule has 0 bridgehead atoms. The normalized spacial score (nSPS) is 21.7. The molecule has 2 heterocycles. The second kappa shape index (κ2) is 8.24. The Morgan fingerprint density at radius 3 is 2.31 bits per heavy atom. The second-order valence-corrected chi connectivity index (χ2v) is 7.71. The van der Waals surface area contributed by atoms with E-state index < -0.39 is 18.2 Å². The molecule has 1 saturated heterocycles. The summed E-state index contributed by atoms with van der Waals surface area (Å²) in [5.41, 5.74) is 2.12. The zero-order chi connectivity index (χ0) is 20.4. The fraction of sp³-hybridized carbons (Fsp3) is 0.455. The summed E-state index contributed by atoms with van der Waals surface area (Å²) in [6, 6.07) is 15.6. The van der Waals surface area contributed by atoms with Crippen molar-refractivity contribution in [2.24, 2.45) is 5.92 Å². The number of ether oxygens (including phenoxy) is 2. The third-order valence-electron chi connectivity index (χ3n) is 5.68. The van der Waals surface area contributed by atoms with Gasteiger partial charge in [0.1, 0.15) is 6.61 Å². The zero-order valence-corrected chi connectivity index (χ0v) is 15.9. The SMILES string of the molecule is OC(C1CCN(Cc2ccc(C3COc4ccccc4O3)cc2)CC1)C(F)(F)F. The fourth-order valence-electron chi connectivity index (χ4n) is 3.97. The molecule has 29 heavy (non-hydrogen) atoms. The Balaban J connectivity index is 1.31. The van der Waals surface area contributed by atoms with Crippen LogP contribution >= 0.6 is 0 Å². The molecule has 0 aromatic heterocycles. The highest BCUT2D eigenvalue weighted by molar-refractivity contribution is 5.41. The van der Waals surface area contributed by atoms with E-state index >= 15 is 0 Å². The molecule has 4 rings (SSSR count). The maximum Gasteiger partial charge on any atom is 0.414 e. The molecule has 1 fully saturated rings. The predicted octanol–water partition coefficient (Wildman–Crippen LogP) is 4.33. The lowest BCUT2D eigenvalue weighted by Gasteiger charge is -2.34. The summed E-state index contributed by atoms with van der Waals surface area (Å²) in [7, 11) is 0. The van der Waals surface area contributed by atoms with Crippen molar-refractivity contribution in [3.63, 3.8) is 0 Å². The van der Waals surface area contributed by atoms with E-state index in [9.17, 15) is 18.3 Å². The number of hydrogen-bond acceptors (Lipinski definition) is 4. The van der Waals surface area contributed by atoms with Crippen LogP contribution < -0.4 is 9.47 Å². The highest BCUT2D eigenvalue weighted by Gasteiger charge is 2.44. The van der Waals surface area contributed by atoms with Gasteiger partial charge in [0, 0.05) is 6.54 Å². The Morgan fingerprint density at radius 1 is 1.00 bits per heavy atom. The number of alkyl halides is 3. The summed E-state index contributed by atoms with van der Waals surface area (Å²) in [5, 5.41) is 9.44. The number of halogens is 3. The quantitative estimate of drug-likeness (QED) is 0.819. The topological polar surface area (TPSA) is 41.9 Å². The van der Waals surface area contributed by atoms with Gasteiger partial charge in [-0.1, -0.05) is 36.4 Å². The van der Waals surface area contributed by atoms with Crippen molar-refractivity contribution < 1.29 is 27.8 Å². The van der Waals surface area contributed by atoms with Gasteiger partial charge in [-0.2, -0.15) is 13.2 Å². The number of hydrogen-bond donors (Lipinski definition) is 1. The van der Waals surface area contributed by atoms with Crippen molar-refractivity contribution in [2.75, 3.05) is 19.7 Å². The van der Waals surface area contributed by atoms with Gasteiger partial charge < -0.3 is 14.6 Å². The molecule has 1 N–H and O–H groups in total. The van der Waals surface area contributed by atoms with Crippen molar-refractivity contribution in [3.05, 3.63) is 59.7 Å². The summed E-state index contributed by atoms with van der Waals surface area (Å²) in [5.74, 6) is 0.774. The molecular weight excluding hydrogens is 383 g/mol. The Labute approximate surface area is 167 Å². The van der Waals surface area contributed by atoms with Crippen LogP contribution in [0.5, 0.6) is 11.5 Å². The van der Waals surface area contributed by atoms with E-state index in [-0.39, 0.29) is 6.10 Å². The van der Waals surface area contributed by atoms with Crippen LogP contribution in [0, 0.1) is 5.92 Å². The first-order valence-corrected chi connectivity index (χ1v) is 9.84. The number of benzene rings is 2. The molecule has 2 aliphatic heterocycles. The van der Waals surface area contributed by atoms with Gasteiger partial charge in [0.25, 0.3) is 0 Å². The lowest BCUT2D eigenvalue weighted by atomic mass is 9.90. The summed E-state index contributed by atoms with van der Waals surface area (Å²) >= 11 is 0. The molecule has 0 spiro atoms. The molecule has 0 amide bonds. The number of fused-ring (bicyclic) bond motifs is 1. The van der Waals surface area contributed by atoms with Crippen LogP contribution in [0.2, 0.25) is 0 Å². The average Bonchev–Trinajstić information content (AvgIpc) is 2.73. The van der Waals surface area contributed by atoms with Crippen LogP contribution in [-0.4, -0.2) is 42.0 Å². The molecule has 2 atom stereocenters. The summed E-state index contributed by atoms with van der Waals surface area (Å²) in [6.07, 6.45) is -6.21. The third kappa shape index (κ3) is 4.67. The molecule has 0 aliphatic carbocycles.